The Bertz CT molecular complexity index is 1100. The number of pyridine rings is 1. The van der Waals surface area contributed by atoms with Crippen LogP contribution in [0.1, 0.15) is 75.7 Å². The lowest BCUT2D eigenvalue weighted by Gasteiger charge is -2.26. The van der Waals surface area contributed by atoms with Crippen LogP contribution in [0.25, 0.3) is 11.5 Å². The summed E-state index contributed by atoms with van der Waals surface area (Å²) in [6.45, 7) is 7.31. The Morgan fingerprint density at radius 3 is 2.53 bits per heavy atom. The Balaban J connectivity index is 1.41. The molecule has 0 radical (unpaired) electrons. The molecule has 2 saturated carbocycles. The Morgan fingerprint density at radius 1 is 1.14 bits per heavy atom. The molecule has 0 spiro atoms. The summed E-state index contributed by atoms with van der Waals surface area (Å²) in [5.41, 5.74) is 1.86. The fourth-order valence-corrected chi connectivity index (χ4v) is 5.29. The van der Waals surface area contributed by atoms with E-state index in [1.165, 1.54) is 0 Å². The molecule has 9 heteroatoms. The van der Waals surface area contributed by atoms with Crippen LogP contribution in [0.3, 0.4) is 0 Å². The topological polar surface area (TPSA) is 115 Å². The molecule has 2 aromatic rings. The number of carboxylic acid groups (broad SMARTS) is 1. The van der Waals surface area contributed by atoms with Gasteiger partial charge in [0.05, 0.1) is 28.5 Å². The first-order valence-corrected chi connectivity index (χ1v) is 12.8. The predicted octanol–water partition coefficient (Wildman–Crippen LogP) is 5.52. The molecule has 2 aromatic heterocycles. The zero-order valence-corrected chi connectivity index (χ0v) is 21.9. The number of aromatic nitrogens is 2. The van der Waals surface area contributed by atoms with E-state index in [2.05, 4.69) is 10.1 Å². The minimum atomic E-state index is -0.774. The van der Waals surface area contributed by atoms with E-state index in [0.29, 0.717) is 40.6 Å². The van der Waals surface area contributed by atoms with Gasteiger partial charge in [0.2, 0.25) is 0 Å². The van der Waals surface area contributed by atoms with Crippen LogP contribution in [-0.4, -0.2) is 51.4 Å². The van der Waals surface area contributed by atoms with E-state index in [1.807, 2.05) is 26.0 Å². The van der Waals surface area contributed by atoms with Gasteiger partial charge in [-0.2, -0.15) is 0 Å². The zero-order valence-electron chi connectivity index (χ0n) is 21.9. The number of hydrogen-bond acceptors (Lipinski definition) is 7. The first-order valence-electron chi connectivity index (χ1n) is 12.8. The van der Waals surface area contributed by atoms with Gasteiger partial charge in [0.25, 0.3) is 0 Å². The Labute approximate surface area is 212 Å². The van der Waals surface area contributed by atoms with Crippen molar-refractivity contribution >= 4 is 12.1 Å². The van der Waals surface area contributed by atoms with Crippen molar-refractivity contribution in [1.29, 1.82) is 0 Å². The Hall–Kier alpha value is -3.10. The van der Waals surface area contributed by atoms with Crippen molar-refractivity contribution < 1.29 is 28.7 Å². The molecule has 0 bridgehead atoms. The molecule has 4 rings (SSSR count). The second-order valence-electron chi connectivity index (χ2n) is 10.7. The number of carbonyl (C=O) groups excluding carboxylic acids is 1. The molecular weight excluding hydrogens is 462 g/mol. The normalized spacial score (nSPS) is 20.5. The molecule has 2 heterocycles. The highest BCUT2D eigenvalue weighted by molar-refractivity contribution is 5.74. The second-order valence-corrected chi connectivity index (χ2v) is 10.7. The standard InChI is InChI=1S/C27H37N3O6/c1-16-21(15-34-26(33)30(5)19-8-6-7-9-19)24(36-29-16)22-12-13-23(17(2)28-22)35-20-11-10-18(14-20)27(3,4)25(31)32/h12-13,18-20H,6-11,14-15H2,1-5H3,(H,31,32)/t18-,20-/m0/s1. The van der Waals surface area contributed by atoms with Gasteiger partial charge in [-0.15, -0.1) is 0 Å². The molecule has 2 aliphatic rings. The molecule has 0 aliphatic heterocycles. The van der Waals surface area contributed by atoms with Gasteiger partial charge in [-0.1, -0.05) is 18.0 Å². The third-order valence-corrected chi connectivity index (χ3v) is 8.01. The highest BCUT2D eigenvalue weighted by Crippen LogP contribution is 2.41. The maximum atomic E-state index is 12.6. The van der Waals surface area contributed by atoms with Crippen LogP contribution in [0, 0.1) is 25.2 Å². The first kappa shape index (κ1) is 26.0. The minimum Gasteiger partial charge on any atom is -0.489 e. The number of rotatable bonds is 8. The lowest BCUT2D eigenvalue weighted by atomic mass is 9.78. The molecule has 1 amide bonds. The molecule has 36 heavy (non-hydrogen) atoms. The summed E-state index contributed by atoms with van der Waals surface area (Å²) < 4.78 is 17.4. The molecule has 196 valence electrons. The number of aryl methyl sites for hydroxylation is 2. The summed E-state index contributed by atoms with van der Waals surface area (Å²) in [6, 6.07) is 3.91. The summed E-state index contributed by atoms with van der Waals surface area (Å²) in [7, 11) is 1.79. The summed E-state index contributed by atoms with van der Waals surface area (Å²) in [4.78, 5) is 30.5. The van der Waals surface area contributed by atoms with Crippen LogP contribution in [0.4, 0.5) is 4.79 Å². The van der Waals surface area contributed by atoms with Crippen LogP contribution in [0.15, 0.2) is 16.7 Å². The minimum absolute atomic E-state index is 0.0423. The van der Waals surface area contributed by atoms with Gasteiger partial charge >= 0.3 is 12.1 Å². The number of hydrogen-bond donors (Lipinski definition) is 1. The van der Waals surface area contributed by atoms with Crippen LogP contribution in [0.2, 0.25) is 0 Å². The van der Waals surface area contributed by atoms with Gasteiger partial charge in [0.15, 0.2) is 5.76 Å². The fraction of sp³-hybridized carbons (Fsp3) is 0.630. The van der Waals surface area contributed by atoms with Crippen molar-refractivity contribution in [1.82, 2.24) is 15.0 Å². The number of ether oxygens (including phenoxy) is 2. The maximum Gasteiger partial charge on any atom is 0.410 e. The smallest absolute Gasteiger partial charge is 0.410 e. The summed E-state index contributed by atoms with van der Waals surface area (Å²) in [5, 5.41) is 13.6. The van der Waals surface area contributed by atoms with Crippen molar-refractivity contribution in [3.63, 3.8) is 0 Å². The Kier molecular flexibility index (Phi) is 7.57. The van der Waals surface area contributed by atoms with Crippen LogP contribution >= 0.6 is 0 Å². The van der Waals surface area contributed by atoms with Crippen molar-refractivity contribution in [2.75, 3.05) is 7.05 Å². The molecule has 2 fully saturated rings. The van der Waals surface area contributed by atoms with E-state index in [9.17, 15) is 14.7 Å². The molecule has 0 unspecified atom stereocenters. The molecule has 0 aromatic carbocycles. The molecule has 2 aliphatic carbocycles. The Morgan fingerprint density at radius 2 is 1.86 bits per heavy atom. The number of aliphatic carboxylic acids is 1. The monoisotopic (exact) mass is 499 g/mol. The van der Waals surface area contributed by atoms with Gasteiger partial charge in [0, 0.05) is 13.1 Å². The van der Waals surface area contributed by atoms with E-state index in [1.54, 1.807) is 25.8 Å². The molecule has 0 saturated heterocycles. The van der Waals surface area contributed by atoms with E-state index in [-0.39, 0.29) is 30.8 Å². The number of carbonyl (C=O) groups is 2. The van der Waals surface area contributed by atoms with E-state index >= 15 is 0 Å². The zero-order chi connectivity index (χ0) is 26.0. The van der Waals surface area contributed by atoms with Gasteiger partial charge < -0.3 is 24.0 Å². The average molecular weight is 500 g/mol. The van der Waals surface area contributed by atoms with Crippen LogP contribution < -0.4 is 4.74 Å². The lowest BCUT2D eigenvalue weighted by molar-refractivity contribution is -0.150. The number of nitrogens with zero attached hydrogens (tertiary/aromatic N) is 3. The quantitative estimate of drug-likeness (QED) is 0.505. The molecule has 9 nitrogen and oxygen atoms in total. The van der Waals surface area contributed by atoms with Gasteiger partial charge in [0.1, 0.15) is 18.1 Å². The second kappa shape index (κ2) is 10.5. The summed E-state index contributed by atoms with van der Waals surface area (Å²) in [6.07, 6.45) is 6.26. The van der Waals surface area contributed by atoms with Gasteiger partial charge in [-0.25, -0.2) is 9.78 Å². The van der Waals surface area contributed by atoms with Crippen molar-refractivity contribution in [2.45, 2.75) is 91.4 Å². The fourth-order valence-electron chi connectivity index (χ4n) is 5.29. The van der Waals surface area contributed by atoms with Crippen LogP contribution in [0.5, 0.6) is 5.75 Å². The van der Waals surface area contributed by atoms with Gasteiger partial charge in [-0.3, -0.25) is 4.79 Å². The average Bonchev–Trinajstić information content (AvgIpc) is 3.60. The molecular formula is C27H37N3O6. The van der Waals surface area contributed by atoms with Crippen LogP contribution in [-0.2, 0) is 16.1 Å². The number of amides is 1. The first-order chi connectivity index (χ1) is 17.1. The van der Waals surface area contributed by atoms with E-state index < -0.39 is 11.4 Å². The van der Waals surface area contributed by atoms with Crippen molar-refractivity contribution in [3.8, 4) is 17.2 Å². The molecule has 2 atom stereocenters. The third kappa shape index (κ3) is 5.34. The highest BCUT2D eigenvalue weighted by atomic mass is 16.6. The predicted molar refractivity (Wildman–Crippen MR) is 133 cm³/mol. The lowest BCUT2D eigenvalue weighted by Crippen LogP contribution is -2.35. The molecule has 1 N–H and O–H groups in total. The van der Waals surface area contributed by atoms with Gasteiger partial charge in [-0.05, 0) is 77.8 Å². The summed E-state index contributed by atoms with van der Waals surface area (Å²) >= 11 is 0. The maximum absolute atomic E-state index is 12.6. The number of carboxylic acids is 1. The highest BCUT2D eigenvalue weighted by Gasteiger charge is 2.42. The third-order valence-electron chi connectivity index (χ3n) is 8.01. The van der Waals surface area contributed by atoms with E-state index in [4.69, 9.17) is 14.0 Å². The largest absolute Gasteiger partial charge is 0.489 e. The summed E-state index contributed by atoms with van der Waals surface area (Å²) in [5.74, 6) is 0.439. The SMILES string of the molecule is Cc1nc(-c2onc(C)c2COC(=O)N(C)C2CCCC2)ccc1O[C@H]1CC[C@H](C(C)(C)C(=O)O)C1. The van der Waals surface area contributed by atoms with E-state index in [0.717, 1.165) is 38.5 Å². The van der Waals surface area contributed by atoms with Crippen molar-refractivity contribution in [2.24, 2.45) is 11.3 Å². The van der Waals surface area contributed by atoms with Crippen molar-refractivity contribution in [3.05, 3.63) is 29.1 Å².